The number of nitriles is 1. The number of methoxy groups -OCH3 is 1. The van der Waals surface area contributed by atoms with Gasteiger partial charge in [0, 0.05) is 10.9 Å². The zero-order chi connectivity index (χ0) is 25.6. The van der Waals surface area contributed by atoms with Gasteiger partial charge >= 0.3 is 0 Å². The smallest absolute Gasteiger partial charge is 0.268 e. The van der Waals surface area contributed by atoms with Gasteiger partial charge in [-0.1, -0.05) is 42.5 Å². The second-order valence-electron chi connectivity index (χ2n) is 7.91. The minimum absolute atomic E-state index is 0.0625. The standard InChI is InChI=1S/C28H21N3O5S/c1-33-25-12-18(7-9-23(25)34-15-19-8-10-24-26(13-19)36-17-35-24)11-21(14-29)27(32)31-28-30-22(16-37-28)20-5-3-2-4-6-20/h2-13,16H,15,17H2,1H3,(H,30,31,32)/b21-11-. The molecule has 9 heteroatoms. The summed E-state index contributed by atoms with van der Waals surface area (Å²) in [5.74, 6) is 1.85. The highest BCUT2D eigenvalue weighted by Crippen LogP contribution is 2.34. The first-order chi connectivity index (χ1) is 18.1. The van der Waals surface area contributed by atoms with Crippen molar-refractivity contribution in [1.82, 2.24) is 4.98 Å². The summed E-state index contributed by atoms with van der Waals surface area (Å²) < 4.78 is 22.1. The number of anilines is 1. The average molecular weight is 512 g/mol. The fraction of sp³-hybridized carbons (Fsp3) is 0.107. The van der Waals surface area contributed by atoms with Crippen molar-refractivity contribution in [3.8, 4) is 40.3 Å². The normalized spacial score (nSPS) is 12.1. The molecule has 5 rings (SSSR count). The summed E-state index contributed by atoms with van der Waals surface area (Å²) in [6.07, 6.45) is 1.49. The number of nitrogens with zero attached hydrogens (tertiary/aromatic N) is 2. The van der Waals surface area contributed by atoms with Gasteiger partial charge in [-0.3, -0.25) is 10.1 Å². The Morgan fingerprint density at radius 3 is 2.76 bits per heavy atom. The molecule has 1 N–H and O–H groups in total. The molecule has 37 heavy (non-hydrogen) atoms. The van der Waals surface area contributed by atoms with E-state index in [1.807, 2.05) is 60.0 Å². The Kier molecular flexibility index (Phi) is 7.01. The van der Waals surface area contributed by atoms with Gasteiger partial charge in [0.15, 0.2) is 28.1 Å². The Bertz CT molecular complexity index is 1510. The predicted octanol–water partition coefficient (Wildman–Crippen LogP) is 5.67. The number of carbonyl (C=O) groups excluding carboxylic acids is 1. The van der Waals surface area contributed by atoms with Crippen LogP contribution in [-0.4, -0.2) is 24.8 Å². The van der Waals surface area contributed by atoms with Crippen LogP contribution in [0.4, 0.5) is 5.13 Å². The molecule has 0 spiro atoms. The molecule has 8 nitrogen and oxygen atoms in total. The van der Waals surface area contributed by atoms with Crippen LogP contribution in [0, 0.1) is 11.3 Å². The lowest BCUT2D eigenvalue weighted by atomic mass is 10.1. The summed E-state index contributed by atoms with van der Waals surface area (Å²) in [6.45, 7) is 0.510. The predicted molar refractivity (Wildman–Crippen MR) is 140 cm³/mol. The SMILES string of the molecule is COc1cc(/C=C(/C#N)C(=O)Nc2nc(-c3ccccc3)cs2)ccc1OCc1ccc2c(c1)OCO2. The van der Waals surface area contributed by atoms with E-state index in [9.17, 15) is 10.1 Å². The summed E-state index contributed by atoms with van der Waals surface area (Å²) in [5, 5.41) is 14.6. The van der Waals surface area contributed by atoms with E-state index in [2.05, 4.69) is 10.3 Å². The number of fused-ring (bicyclic) bond motifs is 1. The lowest BCUT2D eigenvalue weighted by molar-refractivity contribution is -0.112. The molecule has 4 aromatic rings. The maximum Gasteiger partial charge on any atom is 0.268 e. The summed E-state index contributed by atoms with van der Waals surface area (Å²) in [6, 6.07) is 22.4. The second-order valence-corrected chi connectivity index (χ2v) is 8.77. The molecular formula is C28H21N3O5S. The van der Waals surface area contributed by atoms with Crippen molar-refractivity contribution >= 4 is 28.5 Å². The van der Waals surface area contributed by atoms with Crippen molar-refractivity contribution in [3.05, 3.63) is 88.8 Å². The van der Waals surface area contributed by atoms with Gasteiger partial charge < -0.3 is 18.9 Å². The Balaban J connectivity index is 1.27. The highest BCUT2D eigenvalue weighted by atomic mass is 32.1. The van der Waals surface area contributed by atoms with Crippen molar-refractivity contribution in [2.24, 2.45) is 0 Å². The molecule has 3 aromatic carbocycles. The molecule has 184 valence electrons. The number of carbonyl (C=O) groups is 1. The fourth-order valence-electron chi connectivity index (χ4n) is 3.64. The minimum Gasteiger partial charge on any atom is -0.493 e. The molecule has 0 bridgehead atoms. The summed E-state index contributed by atoms with van der Waals surface area (Å²) in [7, 11) is 1.53. The van der Waals surface area contributed by atoms with Crippen LogP contribution in [0.2, 0.25) is 0 Å². The largest absolute Gasteiger partial charge is 0.493 e. The Hall–Kier alpha value is -4.81. The summed E-state index contributed by atoms with van der Waals surface area (Å²) >= 11 is 1.29. The molecule has 0 saturated heterocycles. The van der Waals surface area contributed by atoms with Gasteiger partial charge in [0.25, 0.3) is 5.91 Å². The van der Waals surface area contributed by atoms with Crippen LogP contribution in [-0.2, 0) is 11.4 Å². The number of nitrogens with one attached hydrogen (secondary N) is 1. The molecule has 0 unspecified atom stereocenters. The van der Waals surface area contributed by atoms with Crippen LogP contribution in [0.25, 0.3) is 17.3 Å². The van der Waals surface area contributed by atoms with E-state index in [1.165, 1.54) is 24.5 Å². The zero-order valence-corrected chi connectivity index (χ0v) is 20.6. The Morgan fingerprint density at radius 2 is 1.95 bits per heavy atom. The molecule has 0 saturated carbocycles. The highest BCUT2D eigenvalue weighted by molar-refractivity contribution is 7.14. The monoisotopic (exact) mass is 511 g/mol. The van der Waals surface area contributed by atoms with Crippen LogP contribution >= 0.6 is 11.3 Å². The number of thiazole rings is 1. The molecule has 1 amide bonds. The van der Waals surface area contributed by atoms with Gasteiger partial charge in [-0.15, -0.1) is 11.3 Å². The maximum absolute atomic E-state index is 12.7. The molecule has 0 atom stereocenters. The van der Waals surface area contributed by atoms with Gasteiger partial charge in [0.2, 0.25) is 6.79 Å². The molecule has 2 heterocycles. The Morgan fingerprint density at radius 1 is 1.11 bits per heavy atom. The van der Waals surface area contributed by atoms with E-state index in [1.54, 1.807) is 18.2 Å². The highest BCUT2D eigenvalue weighted by Gasteiger charge is 2.15. The molecule has 0 aliphatic carbocycles. The first-order valence-electron chi connectivity index (χ1n) is 11.3. The van der Waals surface area contributed by atoms with Gasteiger partial charge in [-0.05, 0) is 41.5 Å². The molecule has 0 fully saturated rings. The maximum atomic E-state index is 12.7. The second kappa shape index (κ2) is 10.8. The fourth-order valence-corrected chi connectivity index (χ4v) is 4.35. The van der Waals surface area contributed by atoms with Gasteiger partial charge in [0.1, 0.15) is 18.2 Å². The minimum atomic E-state index is -0.543. The number of amides is 1. The molecule has 1 aromatic heterocycles. The first-order valence-corrected chi connectivity index (χ1v) is 12.1. The van der Waals surface area contributed by atoms with E-state index in [0.717, 1.165) is 16.8 Å². The third-order valence-corrected chi connectivity index (χ3v) is 6.25. The van der Waals surface area contributed by atoms with Crippen molar-refractivity contribution in [1.29, 1.82) is 5.26 Å². The molecule has 0 radical (unpaired) electrons. The third-order valence-electron chi connectivity index (χ3n) is 5.49. The molecular weight excluding hydrogens is 490 g/mol. The van der Waals surface area contributed by atoms with Crippen molar-refractivity contribution in [2.75, 3.05) is 19.2 Å². The molecule has 1 aliphatic rings. The van der Waals surface area contributed by atoms with E-state index in [-0.39, 0.29) is 12.4 Å². The first kappa shape index (κ1) is 23.9. The van der Waals surface area contributed by atoms with Gasteiger partial charge in [0.05, 0.1) is 12.8 Å². The van der Waals surface area contributed by atoms with Gasteiger partial charge in [-0.2, -0.15) is 5.26 Å². The average Bonchev–Trinajstić information content (AvgIpc) is 3.60. The van der Waals surface area contributed by atoms with Crippen molar-refractivity contribution < 1.29 is 23.7 Å². The lowest BCUT2D eigenvalue weighted by Gasteiger charge is -2.12. The van der Waals surface area contributed by atoms with E-state index in [4.69, 9.17) is 18.9 Å². The van der Waals surface area contributed by atoms with Crippen LogP contribution in [0.3, 0.4) is 0 Å². The van der Waals surface area contributed by atoms with Gasteiger partial charge in [-0.25, -0.2) is 4.98 Å². The number of ether oxygens (including phenoxy) is 4. The van der Waals surface area contributed by atoms with E-state index in [0.29, 0.717) is 40.3 Å². The number of rotatable bonds is 8. The van der Waals surface area contributed by atoms with Crippen molar-refractivity contribution in [3.63, 3.8) is 0 Å². The summed E-state index contributed by atoms with van der Waals surface area (Å²) in [5.41, 5.74) is 3.17. The lowest BCUT2D eigenvalue weighted by Crippen LogP contribution is -2.13. The number of aromatic nitrogens is 1. The topological polar surface area (TPSA) is 103 Å². The summed E-state index contributed by atoms with van der Waals surface area (Å²) in [4.78, 5) is 17.2. The van der Waals surface area contributed by atoms with Crippen LogP contribution < -0.4 is 24.3 Å². The van der Waals surface area contributed by atoms with Crippen LogP contribution in [0.1, 0.15) is 11.1 Å². The van der Waals surface area contributed by atoms with E-state index < -0.39 is 5.91 Å². The van der Waals surface area contributed by atoms with Crippen LogP contribution in [0.15, 0.2) is 77.7 Å². The number of hydrogen-bond donors (Lipinski definition) is 1. The molecule has 1 aliphatic heterocycles. The Labute approximate surface area is 217 Å². The third kappa shape index (κ3) is 5.55. The quantitative estimate of drug-likeness (QED) is 0.240. The number of hydrogen-bond acceptors (Lipinski definition) is 8. The van der Waals surface area contributed by atoms with Crippen LogP contribution in [0.5, 0.6) is 23.0 Å². The zero-order valence-electron chi connectivity index (χ0n) is 19.8. The van der Waals surface area contributed by atoms with Crippen molar-refractivity contribution in [2.45, 2.75) is 6.61 Å². The number of benzene rings is 3. The van der Waals surface area contributed by atoms with E-state index >= 15 is 0 Å².